The number of amidine groups is 2. The van der Waals surface area contributed by atoms with Crippen molar-refractivity contribution in [2.24, 2.45) is 9.98 Å². The number of nitrogens with one attached hydrogen (secondary N) is 3. The minimum absolute atomic E-state index is 0.00122. The highest BCUT2D eigenvalue weighted by Gasteiger charge is 2.35. The molecule has 0 atom stereocenters. The van der Waals surface area contributed by atoms with E-state index in [-0.39, 0.29) is 49.6 Å². The summed E-state index contributed by atoms with van der Waals surface area (Å²) in [7, 11) is 0. The first kappa shape index (κ1) is 63.0. The maximum absolute atomic E-state index is 14.1. The molecule has 1 aromatic rings. The average molecular weight is 1010 g/mol. The zero-order chi connectivity index (χ0) is 54.6. The van der Waals surface area contributed by atoms with Crippen molar-refractivity contribution in [3.8, 4) is 5.88 Å². The summed E-state index contributed by atoms with van der Waals surface area (Å²) in [5.74, 6) is -0.248. The number of hydrogen-bond donors (Lipinski definition) is 3. The maximum Gasteiger partial charge on any atom is 0.437 e. The van der Waals surface area contributed by atoms with Gasteiger partial charge in [-0.15, -0.1) is 4.99 Å². The molecule has 0 saturated carbocycles. The molecule has 1 rings (SSSR count). The normalized spacial score (nSPS) is 12.8. The summed E-state index contributed by atoms with van der Waals surface area (Å²) in [5.41, 5.74) is -4.89. The van der Waals surface area contributed by atoms with Crippen LogP contribution in [0.15, 0.2) is 28.3 Å². The topological polar surface area (TPSA) is 259 Å². The van der Waals surface area contributed by atoms with Gasteiger partial charge in [0, 0.05) is 37.3 Å². The van der Waals surface area contributed by atoms with Gasteiger partial charge >= 0.3 is 36.6 Å². The SMILES string of the molecule is CC(C)(C)OC(=O)N=C(CCCCCCCCCN(C(=O)OC(C)(C)C)C(=NC(=O)OC(C)(C)C)N(CCCOc1ccc(C(=N)NC(=O)OC(C)(C)C)cn1)C(=O)OC(C)(C)C)NC(=O)OC(C)(C)C. The number of amides is 6. The molecule has 0 spiro atoms. The molecule has 0 unspecified atom stereocenters. The second-order valence-corrected chi connectivity index (χ2v) is 22.6. The maximum atomic E-state index is 14.1. The Bertz CT molecular complexity index is 2000. The molecule has 1 aromatic heterocycles. The van der Waals surface area contributed by atoms with Crippen molar-refractivity contribution in [1.29, 1.82) is 5.41 Å². The molecule has 0 aromatic carbocycles. The highest BCUT2D eigenvalue weighted by molar-refractivity contribution is 6.05. The van der Waals surface area contributed by atoms with Crippen LogP contribution in [0.3, 0.4) is 0 Å². The molecule has 0 saturated heterocycles. The lowest BCUT2D eigenvalue weighted by Gasteiger charge is -2.34. The predicted molar refractivity (Wildman–Crippen MR) is 270 cm³/mol. The largest absolute Gasteiger partial charge is 0.478 e. The first-order valence-corrected chi connectivity index (χ1v) is 24.1. The predicted octanol–water partition coefficient (Wildman–Crippen LogP) is 11.4. The fraction of sp³-hybridized carbons (Fsp3) is 0.720. The third kappa shape index (κ3) is 31.0. The van der Waals surface area contributed by atoms with E-state index in [4.69, 9.17) is 38.6 Å². The van der Waals surface area contributed by atoms with Crippen molar-refractivity contribution in [3.63, 3.8) is 0 Å². The van der Waals surface area contributed by atoms with Crippen LogP contribution in [0.5, 0.6) is 5.88 Å². The Labute approximate surface area is 421 Å². The number of hydrogen-bond acceptors (Lipinski definition) is 15. The number of carbonyl (C=O) groups excluding carboxylic acids is 6. The van der Waals surface area contributed by atoms with E-state index in [0.29, 0.717) is 31.2 Å². The van der Waals surface area contributed by atoms with Crippen molar-refractivity contribution < 1.29 is 61.9 Å². The summed E-state index contributed by atoms with van der Waals surface area (Å²) >= 11 is 0. The molecule has 71 heavy (non-hydrogen) atoms. The number of rotatable bonds is 16. The molecule has 0 radical (unpaired) electrons. The quantitative estimate of drug-likeness (QED) is 0.0602. The number of alkyl carbamates (subject to hydrolysis) is 2. The number of nitrogens with zero attached hydrogens (tertiary/aromatic N) is 5. The van der Waals surface area contributed by atoms with Gasteiger partial charge in [-0.1, -0.05) is 32.1 Å². The smallest absolute Gasteiger partial charge is 0.437 e. The van der Waals surface area contributed by atoms with Crippen molar-refractivity contribution >= 4 is 54.2 Å². The number of ether oxygens (including phenoxy) is 7. The van der Waals surface area contributed by atoms with Crippen LogP contribution in [0.2, 0.25) is 0 Å². The summed E-state index contributed by atoms with van der Waals surface area (Å²) < 4.78 is 38.9. The van der Waals surface area contributed by atoms with E-state index in [2.05, 4.69) is 25.6 Å². The lowest BCUT2D eigenvalue weighted by Crippen LogP contribution is -2.53. The number of guanidine groups is 1. The van der Waals surface area contributed by atoms with Crippen LogP contribution in [0.1, 0.15) is 188 Å². The van der Waals surface area contributed by atoms with Gasteiger partial charge in [-0.2, -0.15) is 4.99 Å². The highest BCUT2D eigenvalue weighted by Crippen LogP contribution is 2.20. The first-order chi connectivity index (χ1) is 32.3. The Hall–Kier alpha value is -6.02. The van der Waals surface area contributed by atoms with E-state index in [1.54, 1.807) is 125 Å². The zero-order valence-corrected chi connectivity index (χ0v) is 45.8. The van der Waals surface area contributed by atoms with Gasteiger partial charge in [0.15, 0.2) is 0 Å². The highest BCUT2D eigenvalue weighted by atomic mass is 16.6. The number of carbonyl (C=O) groups is 6. The molecule has 1 heterocycles. The van der Waals surface area contributed by atoms with Gasteiger partial charge in [0.1, 0.15) is 45.3 Å². The fourth-order valence-electron chi connectivity index (χ4n) is 5.71. The monoisotopic (exact) mass is 1000 g/mol. The summed E-state index contributed by atoms with van der Waals surface area (Å²) in [6.45, 7) is 30.4. The van der Waals surface area contributed by atoms with Gasteiger partial charge in [-0.05, 0) is 150 Å². The van der Waals surface area contributed by atoms with E-state index >= 15 is 0 Å². The van der Waals surface area contributed by atoms with Crippen LogP contribution < -0.4 is 15.4 Å². The molecular formula is C50H84N8O13. The van der Waals surface area contributed by atoms with Crippen LogP contribution in [0, 0.1) is 5.41 Å². The third-order valence-corrected chi connectivity index (χ3v) is 8.28. The molecule has 21 nitrogen and oxygen atoms in total. The van der Waals surface area contributed by atoms with Gasteiger partial charge in [0.25, 0.3) is 0 Å². The van der Waals surface area contributed by atoms with Crippen LogP contribution in [-0.2, 0) is 28.4 Å². The van der Waals surface area contributed by atoms with Gasteiger partial charge < -0.3 is 33.2 Å². The molecule has 21 heteroatoms. The number of unbranched alkanes of at least 4 members (excludes halogenated alkanes) is 6. The van der Waals surface area contributed by atoms with E-state index in [0.717, 1.165) is 35.5 Å². The van der Waals surface area contributed by atoms with Crippen molar-refractivity contribution in [2.45, 2.75) is 216 Å². The number of pyridine rings is 1. The second-order valence-electron chi connectivity index (χ2n) is 22.6. The van der Waals surface area contributed by atoms with Crippen molar-refractivity contribution in [2.75, 3.05) is 19.7 Å². The van der Waals surface area contributed by atoms with E-state index < -0.39 is 70.2 Å². The summed E-state index contributed by atoms with van der Waals surface area (Å²) in [6, 6.07) is 3.05. The molecule has 0 fully saturated rings. The fourth-order valence-corrected chi connectivity index (χ4v) is 5.71. The Balaban J connectivity index is 3.29. The van der Waals surface area contributed by atoms with Gasteiger partial charge in [-0.3, -0.25) is 16.0 Å². The number of aliphatic imine (C=N–C) groups is 2. The molecule has 0 aliphatic carbocycles. The average Bonchev–Trinajstić information content (AvgIpc) is 3.13. The minimum Gasteiger partial charge on any atom is -0.478 e. The van der Waals surface area contributed by atoms with Crippen molar-refractivity contribution in [1.82, 2.24) is 25.4 Å². The summed E-state index contributed by atoms with van der Waals surface area (Å²) in [4.78, 5) is 93.4. The minimum atomic E-state index is -1.05. The molecule has 0 aliphatic rings. The summed E-state index contributed by atoms with van der Waals surface area (Å²) in [6.07, 6.45) is 1.49. The number of aromatic nitrogens is 1. The van der Waals surface area contributed by atoms with Crippen LogP contribution >= 0.6 is 0 Å². The molecule has 6 amide bonds. The molecule has 0 aliphatic heterocycles. The van der Waals surface area contributed by atoms with E-state index in [1.165, 1.54) is 18.3 Å². The lowest BCUT2D eigenvalue weighted by molar-refractivity contribution is 0.0267. The first-order valence-electron chi connectivity index (χ1n) is 24.1. The Morgan fingerprint density at radius 2 is 0.930 bits per heavy atom. The van der Waals surface area contributed by atoms with Crippen LogP contribution in [0.4, 0.5) is 28.8 Å². The Morgan fingerprint density at radius 3 is 1.37 bits per heavy atom. The summed E-state index contributed by atoms with van der Waals surface area (Å²) in [5, 5.41) is 13.2. The van der Waals surface area contributed by atoms with Gasteiger partial charge in [0.05, 0.1) is 6.61 Å². The van der Waals surface area contributed by atoms with Gasteiger partial charge in [-0.25, -0.2) is 43.6 Å². The van der Waals surface area contributed by atoms with Crippen LogP contribution in [0.25, 0.3) is 0 Å². The third-order valence-electron chi connectivity index (χ3n) is 8.28. The van der Waals surface area contributed by atoms with Crippen LogP contribution in [-0.4, -0.2) is 122 Å². The zero-order valence-electron chi connectivity index (χ0n) is 45.8. The Morgan fingerprint density at radius 1 is 0.521 bits per heavy atom. The lowest BCUT2D eigenvalue weighted by atomic mass is 10.1. The molecule has 402 valence electrons. The standard InChI is InChI=1S/C50H84N8O13/c1-45(2,3)66-39(59)53-35(54-40(60)67-46(4,5)6)27-24-22-20-19-21-23-25-30-57(43(63)70-49(13,14)15)38(56-42(62)69-48(10,11)12)58(44(64)71-50(16,17)18)31-26-32-65-36-29-28-34(33-52-36)37(51)55-41(61)68-47(7,8)9/h28-29,33H,19-27,30-32H2,1-18H3,(H2,51,55,61)(H,53,54,59,60). The molecule has 3 N–H and O–H groups in total. The van der Waals surface area contributed by atoms with E-state index in [1.807, 2.05) is 0 Å². The van der Waals surface area contributed by atoms with Crippen molar-refractivity contribution in [3.05, 3.63) is 23.9 Å². The van der Waals surface area contributed by atoms with E-state index in [9.17, 15) is 28.8 Å². The van der Waals surface area contributed by atoms with Gasteiger partial charge in [0.2, 0.25) is 11.8 Å². The molecule has 0 bridgehead atoms. The Kier molecular flexibility index (Phi) is 24.4. The second kappa shape index (κ2) is 27.5. The molecular weight excluding hydrogens is 921 g/mol.